The number of halogens is 1. The van der Waals surface area contributed by atoms with Gasteiger partial charge in [0.05, 0.1) is 6.42 Å². The van der Waals surface area contributed by atoms with Crippen LogP contribution in [0.15, 0.2) is 15.9 Å². The van der Waals surface area contributed by atoms with Gasteiger partial charge in [-0.2, -0.15) is 0 Å². The van der Waals surface area contributed by atoms with Gasteiger partial charge in [-0.15, -0.1) is 11.3 Å². The molecule has 3 N–H and O–H groups in total. The molecule has 0 aliphatic heterocycles. The molecule has 0 spiro atoms. The molecule has 1 rings (SSSR count). The molecule has 1 unspecified atom stereocenters. The van der Waals surface area contributed by atoms with Crippen LogP contribution in [0.25, 0.3) is 0 Å². The molecule has 0 saturated carbocycles. The smallest absolute Gasteiger partial charge is 0.305 e. The Labute approximate surface area is 82.3 Å². The minimum atomic E-state index is -0.868. The van der Waals surface area contributed by atoms with Crippen LogP contribution in [-0.4, -0.2) is 11.1 Å². The minimum absolute atomic E-state index is 0.0209. The number of hydrogen-bond donors (Lipinski definition) is 2. The Morgan fingerprint density at radius 2 is 2.50 bits per heavy atom. The van der Waals surface area contributed by atoms with Gasteiger partial charge in [0.1, 0.15) is 0 Å². The van der Waals surface area contributed by atoms with E-state index in [0.29, 0.717) is 0 Å². The molecule has 0 saturated heterocycles. The van der Waals surface area contributed by atoms with Crippen molar-refractivity contribution in [3.8, 4) is 0 Å². The van der Waals surface area contributed by atoms with E-state index < -0.39 is 12.0 Å². The predicted molar refractivity (Wildman–Crippen MR) is 51.2 cm³/mol. The highest BCUT2D eigenvalue weighted by Gasteiger charge is 2.11. The third kappa shape index (κ3) is 2.58. The lowest BCUT2D eigenvalue weighted by molar-refractivity contribution is -0.137. The molecule has 1 aromatic rings. The maximum atomic E-state index is 10.3. The number of rotatable bonds is 3. The second-order valence-corrected chi connectivity index (χ2v) is 4.23. The fourth-order valence-electron chi connectivity index (χ4n) is 0.811. The lowest BCUT2D eigenvalue weighted by atomic mass is 10.2. The Balaban J connectivity index is 2.64. The van der Waals surface area contributed by atoms with Crippen molar-refractivity contribution in [1.82, 2.24) is 0 Å². The van der Waals surface area contributed by atoms with E-state index in [9.17, 15) is 4.79 Å². The molecule has 1 atom stereocenters. The second-order valence-electron chi connectivity index (χ2n) is 2.37. The molecule has 0 amide bonds. The van der Waals surface area contributed by atoms with Gasteiger partial charge >= 0.3 is 5.97 Å². The zero-order valence-corrected chi connectivity index (χ0v) is 8.56. The van der Waals surface area contributed by atoms with Gasteiger partial charge in [0.2, 0.25) is 0 Å². The molecule has 12 heavy (non-hydrogen) atoms. The van der Waals surface area contributed by atoms with E-state index in [-0.39, 0.29) is 6.42 Å². The quantitative estimate of drug-likeness (QED) is 0.862. The summed E-state index contributed by atoms with van der Waals surface area (Å²) in [7, 11) is 0. The van der Waals surface area contributed by atoms with Gasteiger partial charge in [0, 0.05) is 20.8 Å². The zero-order chi connectivity index (χ0) is 9.14. The normalized spacial score (nSPS) is 12.8. The van der Waals surface area contributed by atoms with Crippen LogP contribution in [0, 0.1) is 0 Å². The van der Waals surface area contributed by atoms with Gasteiger partial charge in [0.15, 0.2) is 0 Å². The van der Waals surface area contributed by atoms with Gasteiger partial charge in [-0.1, -0.05) is 0 Å². The maximum Gasteiger partial charge on any atom is 0.305 e. The number of carboxylic acid groups (broad SMARTS) is 1. The van der Waals surface area contributed by atoms with Crippen LogP contribution in [0.2, 0.25) is 0 Å². The minimum Gasteiger partial charge on any atom is -0.481 e. The highest BCUT2D eigenvalue weighted by atomic mass is 79.9. The standard InChI is InChI=1S/C7H8BrNO2S/c8-4-1-6(12-3-4)5(9)2-7(10)11/h1,3,5H,2,9H2,(H,10,11). The largest absolute Gasteiger partial charge is 0.481 e. The Bertz CT molecular complexity index is 287. The molecule has 0 fully saturated rings. The van der Waals surface area contributed by atoms with Gasteiger partial charge in [0.25, 0.3) is 0 Å². The van der Waals surface area contributed by atoms with E-state index >= 15 is 0 Å². The second kappa shape index (κ2) is 4.02. The first-order chi connectivity index (χ1) is 5.59. The maximum absolute atomic E-state index is 10.3. The molecule has 1 aromatic heterocycles. The summed E-state index contributed by atoms with van der Waals surface area (Å²) in [6.45, 7) is 0. The average molecular weight is 250 g/mol. The molecule has 5 heteroatoms. The summed E-state index contributed by atoms with van der Waals surface area (Å²) in [5.41, 5.74) is 5.62. The van der Waals surface area contributed by atoms with Crippen LogP contribution in [0.4, 0.5) is 0 Å². The number of nitrogens with two attached hydrogens (primary N) is 1. The topological polar surface area (TPSA) is 63.3 Å². The van der Waals surface area contributed by atoms with Crippen LogP contribution in [0.5, 0.6) is 0 Å². The lowest BCUT2D eigenvalue weighted by Crippen LogP contribution is -2.13. The SMILES string of the molecule is NC(CC(=O)O)c1cc(Br)cs1. The van der Waals surface area contributed by atoms with Crippen LogP contribution in [-0.2, 0) is 4.79 Å². The highest BCUT2D eigenvalue weighted by molar-refractivity contribution is 9.10. The Morgan fingerprint density at radius 3 is 2.92 bits per heavy atom. The van der Waals surface area contributed by atoms with Crippen molar-refractivity contribution in [2.45, 2.75) is 12.5 Å². The van der Waals surface area contributed by atoms with Crippen molar-refractivity contribution in [3.63, 3.8) is 0 Å². The molecule has 66 valence electrons. The fraction of sp³-hybridized carbons (Fsp3) is 0.286. The third-order valence-corrected chi connectivity index (χ3v) is 3.17. The summed E-state index contributed by atoms with van der Waals surface area (Å²) in [5, 5.41) is 10.4. The molecule has 0 aromatic carbocycles. The van der Waals surface area contributed by atoms with Crippen LogP contribution < -0.4 is 5.73 Å². The van der Waals surface area contributed by atoms with Crippen molar-refractivity contribution in [2.75, 3.05) is 0 Å². The first kappa shape index (κ1) is 9.70. The van der Waals surface area contributed by atoms with Crippen molar-refractivity contribution in [3.05, 3.63) is 20.8 Å². The predicted octanol–water partition coefficient (Wildman–Crippen LogP) is 1.99. The third-order valence-electron chi connectivity index (χ3n) is 1.35. The molecule has 1 heterocycles. The number of carbonyl (C=O) groups is 1. The van der Waals surface area contributed by atoms with Crippen LogP contribution in [0.1, 0.15) is 17.3 Å². The Morgan fingerprint density at radius 1 is 1.83 bits per heavy atom. The van der Waals surface area contributed by atoms with Crippen LogP contribution in [0.3, 0.4) is 0 Å². The molecule has 0 radical (unpaired) electrons. The number of thiophene rings is 1. The van der Waals surface area contributed by atoms with Crippen molar-refractivity contribution >= 4 is 33.2 Å². The average Bonchev–Trinajstić information content (AvgIpc) is 2.34. The van der Waals surface area contributed by atoms with Gasteiger partial charge in [-0.05, 0) is 22.0 Å². The highest BCUT2D eigenvalue weighted by Crippen LogP contribution is 2.25. The molecular formula is C7H8BrNO2S. The monoisotopic (exact) mass is 249 g/mol. The van der Waals surface area contributed by atoms with Gasteiger partial charge in [-0.25, -0.2) is 0 Å². The Hall–Kier alpha value is -0.390. The summed E-state index contributed by atoms with van der Waals surface area (Å²) >= 11 is 4.74. The van der Waals surface area contributed by atoms with E-state index in [0.717, 1.165) is 9.35 Å². The first-order valence-corrected chi connectivity index (χ1v) is 4.98. The molecule has 0 aliphatic carbocycles. The lowest BCUT2D eigenvalue weighted by Gasteiger charge is -2.04. The molecule has 0 aliphatic rings. The van der Waals surface area contributed by atoms with Crippen molar-refractivity contribution in [2.24, 2.45) is 5.73 Å². The van der Waals surface area contributed by atoms with Crippen molar-refractivity contribution in [1.29, 1.82) is 0 Å². The summed E-state index contributed by atoms with van der Waals surface area (Å²) in [6.07, 6.45) is -0.0209. The van der Waals surface area contributed by atoms with Gasteiger partial charge in [-0.3, -0.25) is 4.79 Å². The summed E-state index contributed by atoms with van der Waals surface area (Å²) in [5.74, 6) is -0.868. The first-order valence-electron chi connectivity index (χ1n) is 3.31. The van der Waals surface area contributed by atoms with E-state index in [2.05, 4.69) is 15.9 Å². The summed E-state index contributed by atoms with van der Waals surface area (Å²) in [4.78, 5) is 11.2. The van der Waals surface area contributed by atoms with E-state index in [4.69, 9.17) is 10.8 Å². The van der Waals surface area contributed by atoms with E-state index in [1.165, 1.54) is 11.3 Å². The fourth-order valence-corrected chi connectivity index (χ4v) is 2.26. The van der Waals surface area contributed by atoms with Crippen LogP contribution >= 0.6 is 27.3 Å². The molecular weight excluding hydrogens is 242 g/mol. The number of aliphatic carboxylic acids is 1. The molecule has 0 bridgehead atoms. The summed E-state index contributed by atoms with van der Waals surface area (Å²) < 4.78 is 0.948. The van der Waals surface area contributed by atoms with E-state index in [1.54, 1.807) is 0 Å². The number of hydrogen-bond acceptors (Lipinski definition) is 3. The zero-order valence-electron chi connectivity index (χ0n) is 6.16. The Kier molecular flexibility index (Phi) is 3.25. The number of carboxylic acids is 1. The van der Waals surface area contributed by atoms with Crippen molar-refractivity contribution < 1.29 is 9.90 Å². The van der Waals surface area contributed by atoms with Gasteiger partial charge < -0.3 is 10.8 Å². The van der Waals surface area contributed by atoms with E-state index in [1.807, 2.05) is 11.4 Å². The summed E-state index contributed by atoms with van der Waals surface area (Å²) in [6, 6.07) is 1.46. The molecule has 3 nitrogen and oxygen atoms in total.